The van der Waals surface area contributed by atoms with Crippen LogP contribution >= 0.6 is 0 Å². The summed E-state index contributed by atoms with van der Waals surface area (Å²) in [7, 11) is 0. The lowest BCUT2D eigenvalue weighted by molar-refractivity contribution is 0.0234. The summed E-state index contributed by atoms with van der Waals surface area (Å²) < 4.78 is 5.15. The predicted molar refractivity (Wildman–Crippen MR) is 79.8 cm³/mol. The van der Waals surface area contributed by atoms with Crippen LogP contribution in [0.1, 0.15) is 36.5 Å². The molecule has 2 rings (SSSR count). The van der Waals surface area contributed by atoms with Crippen LogP contribution < -0.4 is 0 Å². The van der Waals surface area contributed by atoms with E-state index in [9.17, 15) is 9.90 Å². The highest BCUT2D eigenvalue weighted by molar-refractivity contribution is 5.95. The van der Waals surface area contributed by atoms with E-state index < -0.39 is 6.10 Å². The zero-order valence-electron chi connectivity index (χ0n) is 11.7. The highest BCUT2D eigenvalue weighted by Crippen LogP contribution is 2.16. The molecule has 2 aromatic carbocycles. The van der Waals surface area contributed by atoms with Crippen LogP contribution in [0.15, 0.2) is 42.5 Å². The van der Waals surface area contributed by atoms with Crippen LogP contribution in [0, 0.1) is 0 Å². The van der Waals surface area contributed by atoms with Gasteiger partial charge >= 0.3 is 5.97 Å². The maximum Gasteiger partial charge on any atom is 0.338 e. The minimum absolute atomic E-state index is 0.0612. The summed E-state index contributed by atoms with van der Waals surface area (Å²) in [5.74, 6) is -0.383. The Kier molecular flexibility index (Phi) is 5.13. The summed E-state index contributed by atoms with van der Waals surface area (Å²) in [5, 5.41) is 11.8. The molecule has 0 aliphatic carbocycles. The third-order valence-electron chi connectivity index (χ3n) is 3.28. The topological polar surface area (TPSA) is 46.5 Å². The second-order valence-electron chi connectivity index (χ2n) is 4.96. The quantitative estimate of drug-likeness (QED) is 0.818. The number of carbonyl (C=O) groups excluding carboxylic acids is 1. The number of aliphatic hydroxyl groups is 1. The van der Waals surface area contributed by atoms with Crippen LogP contribution in [-0.4, -0.2) is 23.8 Å². The van der Waals surface area contributed by atoms with Crippen molar-refractivity contribution in [1.82, 2.24) is 0 Å². The molecule has 0 amide bonds. The number of esters is 1. The van der Waals surface area contributed by atoms with E-state index >= 15 is 0 Å². The molecule has 20 heavy (non-hydrogen) atoms. The van der Waals surface area contributed by atoms with Gasteiger partial charge in [0.15, 0.2) is 0 Å². The zero-order valence-corrected chi connectivity index (χ0v) is 11.7. The van der Waals surface area contributed by atoms with Gasteiger partial charge in [-0.1, -0.05) is 50.1 Å². The Balaban J connectivity index is 1.97. The number of ether oxygens (including phenoxy) is 1. The predicted octanol–water partition coefficient (Wildman–Crippen LogP) is 3.55. The van der Waals surface area contributed by atoms with Crippen molar-refractivity contribution in [3.8, 4) is 0 Å². The highest BCUT2D eigenvalue weighted by Gasteiger charge is 2.11. The first-order valence-corrected chi connectivity index (χ1v) is 7.04. The van der Waals surface area contributed by atoms with Crippen molar-refractivity contribution in [2.75, 3.05) is 6.61 Å². The van der Waals surface area contributed by atoms with Crippen molar-refractivity contribution in [2.45, 2.75) is 32.3 Å². The van der Waals surface area contributed by atoms with E-state index in [1.165, 1.54) is 0 Å². The monoisotopic (exact) mass is 272 g/mol. The van der Waals surface area contributed by atoms with Crippen molar-refractivity contribution in [1.29, 1.82) is 0 Å². The average molecular weight is 272 g/mol. The third-order valence-corrected chi connectivity index (χ3v) is 3.28. The molecule has 0 bridgehead atoms. The van der Waals surface area contributed by atoms with Gasteiger partial charge in [-0.3, -0.25) is 0 Å². The number of hydrogen-bond donors (Lipinski definition) is 1. The molecule has 1 unspecified atom stereocenters. The van der Waals surface area contributed by atoms with Crippen molar-refractivity contribution in [3.05, 3.63) is 48.0 Å². The summed E-state index contributed by atoms with van der Waals surface area (Å²) in [6, 6.07) is 13.3. The van der Waals surface area contributed by atoms with Gasteiger partial charge in [0, 0.05) is 0 Å². The first-order chi connectivity index (χ1) is 9.70. The fraction of sp³-hybridized carbons (Fsp3) is 0.353. The molecular weight excluding hydrogens is 252 g/mol. The van der Waals surface area contributed by atoms with Gasteiger partial charge in [0.2, 0.25) is 0 Å². The van der Waals surface area contributed by atoms with Crippen molar-refractivity contribution >= 4 is 16.7 Å². The number of unbranched alkanes of at least 4 members (excludes halogenated alkanes) is 1. The summed E-state index contributed by atoms with van der Waals surface area (Å²) in [4.78, 5) is 11.9. The standard InChI is InChI=1S/C17H20O3/c1-2-3-8-16(18)12-20-17(19)15-10-9-13-6-4-5-7-14(13)11-15/h4-7,9-11,16,18H,2-3,8,12H2,1H3. The van der Waals surface area contributed by atoms with Gasteiger partial charge in [0.25, 0.3) is 0 Å². The van der Waals surface area contributed by atoms with Crippen molar-refractivity contribution in [3.63, 3.8) is 0 Å². The molecule has 0 heterocycles. The molecule has 0 saturated heterocycles. The fourth-order valence-electron chi connectivity index (χ4n) is 2.09. The molecule has 2 aromatic rings. The first kappa shape index (κ1) is 14.5. The molecule has 0 spiro atoms. The van der Waals surface area contributed by atoms with Crippen LogP contribution in [0.3, 0.4) is 0 Å². The number of aliphatic hydroxyl groups excluding tert-OH is 1. The van der Waals surface area contributed by atoms with Gasteiger partial charge in [-0.05, 0) is 29.3 Å². The van der Waals surface area contributed by atoms with E-state index in [0.717, 1.165) is 23.6 Å². The summed E-state index contributed by atoms with van der Waals surface area (Å²) in [6.07, 6.45) is 2.06. The van der Waals surface area contributed by atoms with Crippen LogP contribution in [0.4, 0.5) is 0 Å². The van der Waals surface area contributed by atoms with Gasteiger partial charge in [0.1, 0.15) is 6.61 Å². The molecule has 0 fully saturated rings. The Morgan fingerprint density at radius 2 is 1.95 bits per heavy atom. The van der Waals surface area contributed by atoms with Crippen LogP contribution in [0.5, 0.6) is 0 Å². The average Bonchev–Trinajstić information content (AvgIpc) is 2.50. The smallest absolute Gasteiger partial charge is 0.338 e. The number of fused-ring (bicyclic) bond motifs is 1. The van der Waals surface area contributed by atoms with Gasteiger partial charge in [-0.2, -0.15) is 0 Å². The van der Waals surface area contributed by atoms with Gasteiger partial charge in [-0.15, -0.1) is 0 Å². The van der Waals surface area contributed by atoms with Crippen molar-refractivity contribution < 1.29 is 14.6 Å². The Hall–Kier alpha value is -1.87. The molecule has 0 radical (unpaired) electrons. The highest BCUT2D eigenvalue weighted by atomic mass is 16.5. The first-order valence-electron chi connectivity index (χ1n) is 7.04. The van der Waals surface area contributed by atoms with E-state index in [2.05, 4.69) is 6.92 Å². The van der Waals surface area contributed by atoms with Crippen molar-refractivity contribution in [2.24, 2.45) is 0 Å². The summed E-state index contributed by atoms with van der Waals surface area (Å²) in [6.45, 7) is 2.12. The van der Waals surface area contributed by atoms with E-state index in [-0.39, 0.29) is 12.6 Å². The maximum absolute atomic E-state index is 11.9. The minimum atomic E-state index is -0.570. The van der Waals surface area contributed by atoms with Gasteiger partial charge < -0.3 is 9.84 Å². The van der Waals surface area contributed by atoms with E-state index in [1.807, 2.05) is 36.4 Å². The van der Waals surface area contributed by atoms with E-state index in [0.29, 0.717) is 12.0 Å². The molecule has 106 valence electrons. The maximum atomic E-state index is 11.9. The Bertz CT molecular complexity index is 577. The molecule has 3 nitrogen and oxygen atoms in total. The molecule has 1 N–H and O–H groups in total. The third kappa shape index (κ3) is 3.81. The number of hydrogen-bond acceptors (Lipinski definition) is 3. The number of benzene rings is 2. The normalized spacial score (nSPS) is 12.3. The molecule has 1 atom stereocenters. The molecule has 0 aliphatic heterocycles. The summed E-state index contributed by atoms with van der Waals surface area (Å²) in [5.41, 5.74) is 0.520. The van der Waals surface area contributed by atoms with E-state index in [4.69, 9.17) is 4.74 Å². The van der Waals surface area contributed by atoms with Crippen LogP contribution in [-0.2, 0) is 4.74 Å². The Labute approximate surface area is 119 Å². The molecule has 0 saturated carbocycles. The van der Waals surface area contributed by atoms with Gasteiger partial charge in [-0.25, -0.2) is 4.79 Å². The van der Waals surface area contributed by atoms with Gasteiger partial charge in [0.05, 0.1) is 11.7 Å². The van der Waals surface area contributed by atoms with Crippen LogP contribution in [0.25, 0.3) is 10.8 Å². The molecule has 0 aliphatic rings. The molecule has 0 aromatic heterocycles. The molecule has 3 heteroatoms. The minimum Gasteiger partial charge on any atom is -0.459 e. The lowest BCUT2D eigenvalue weighted by atomic mass is 10.1. The second kappa shape index (κ2) is 7.06. The Morgan fingerprint density at radius 1 is 1.20 bits per heavy atom. The summed E-state index contributed by atoms with van der Waals surface area (Å²) >= 11 is 0. The number of carbonyl (C=O) groups is 1. The van der Waals surface area contributed by atoms with Crippen LogP contribution in [0.2, 0.25) is 0 Å². The Morgan fingerprint density at radius 3 is 2.70 bits per heavy atom. The lowest BCUT2D eigenvalue weighted by Gasteiger charge is -2.11. The van der Waals surface area contributed by atoms with E-state index in [1.54, 1.807) is 6.07 Å². The molecular formula is C17H20O3. The lowest BCUT2D eigenvalue weighted by Crippen LogP contribution is -2.18. The number of rotatable bonds is 6. The SMILES string of the molecule is CCCCC(O)COC(=O)c1ccc2ccccc2c1. The fourth-order valence-corrected chi connectivity index (χ4v) is 2.09. The largest absolute Gasteiger partial charge is 0.459 e. The second-order valence-corrected chi connectivity index (χ2v) is 4.96. The zero-order chi connectivity index (χ0) is 14.4.